The highest BCUT2D eigenvalue weighted by Crippen LogP contribution is 2.16. The van der Waals surface area contributed by atoms with Crippen molar-refractivity contribution in [2.75, 3.05) is 12.3 Å². The maximum Gasteiger partial charge on any atom is 0.121 e. The van der Waals surface area contributed by atoms with E-state index in [4.69, 9.17) is 10.5 Å². The summed E-state index contributed by atoms with van der Waals surface area (Å²) >= 11 is 0. The van der Waals surface area contributed by atoms with Crippen molar-refractivity contribution in [3.05, 3.63) is 59.7 Å². The van der Waals surface area contributed by atoms with E-state index in [1.165, 1.54) is 11.1 Å². The van der Waals surface area contributed by atoms with Crippen LogP contribution in [-0.4, -0.2) is 6.61 Å². The number of benzene rings is 2. The molecule has 0 unspecified atom stereocenters. The second-order valence-electron chi connectivity index (χ2n) is 5.07. The van der Waals surface area contributed by atoms with Crippen molar-refractivity contribution in [3.63, 3.8) is 0 Å². The van der Waals surface area contributed by atoms with Gasteiger partial charge in [0, 0.05) is 18.2 Å². The van der Waals surface area contributed by atoms with Gasteiger partial charge in [0.15, 0.2) is 0 Å². The van der Waals surface area contributed by atoms with Gasteiger partial charge in [-0.15, -0.1) is 0 Å². The monoisotopic (exact) mass is 255 g/mol. The zero-order valence-corrected chi connectivity index (χ0v) is 11.6. The number of ether oxygens (including phenoxy) is 1. The predicted octanol–water partition coefficient (Wildman–Crippen LogP) is 4.01. The molecule has 0 spiro atoms. The topological polar surface area (TPSA) is 35.2 Å². The van der Waals surface area contributed by atoms with Crippen LogP contribution in [0.15, 0.2) is 48.5 Å². The lowest BCUT2D eigenvalue weighted by Gasteiger charge is -2.08. The van der Waals surface area contributed by atoms with E-state index in [0.29, 0.717) is 12.5 Å². The van der Waals surface area contributed by atoms with E-state index in [9.17, 15) is 0 Å². The summed E-state index contributed by atoms with van der Waals surface area (Å²) in [5, 5.41) is 0. The lowest BCUT2D eigenvalue weighted by Crippen LogP contribution is -2.02. The second-order valence-corrected chi connectivity index (χ2v) is 5.07. The molecule has 0 saturated carbocycles. The summed E-state index contributed by atoms with van der Waals surface area (Å²) < 4.78 is 5.69. The van der Waals surface area contributed by atoms with Crippen molar-refractivity contribution in [2.24, 2.45) is 0 Å². The van der Waals surface area contributed by atoms with Gasteiger partial charge >= 0.3 is 0 Å². The van der Waals surface area contributed by atoms with Crippen molar-refractivity contribution >= 4 is 5.69 Å². The van der Waals surface area contributed by atoms with E-state index in [2.05, 4.69) is 38.1 Å². The van der Waals surface area contributed by atoms with Crippen LogP contribution in [0, 0.1) is 0 Å². The zero-order chi connectivity index (χ0) is 13.7. The Labute approximate surface area is 115 Å². The number of rotatable bonds is 5. The largest absolute Gasteiger partial charge is 0.493 e. The minimum Gasteiger partial charge on any atom is -0.493 e. The molecule has 2 aromatic rings. The van der Waals surface area contributed by atoms with Gasteiger partial charge in [-0.1, -0.05) is 44.2 Å². The van der Waals surface area contributed by atoms with Crippen LogP contribution in [0.1, 0.15) is 30.9 Å². The fourth-order valence-corrected chi connectivity index (χ4v) is 1.96. The third kappa shape index (κ3) is 4.02. The Morgan fingerprint density at radius 3 is 2.42 bits per heavy atom. The molecule has 0 aliphatic carbocycles. The molecule has 0 saturated heterocycles. The van der Waals surface area contributed by atoms with Gasteiger partial charge in [-0.05, 0) is 29.2 Å². The first kappa shape index (κ1) is 13.5. The molecule has 19 heavy (non-hydrogen) atoms. The molecule has 0 amide bonds. The standard InChI is InChI=1S/C17H21NO/c1-13(2)15-8-6-14(7-9-15)10-11-19-17-5-3-4-16(18)12-17/h3-9,12-13H,10-11,18H2,1-2H3. The molecule has 0 atom stereocenters. The maximum atomic E-state index is 5.71. The summed E-state index contributed by atoms with van der Waals surface area (Å²) in [4.78, 5) is 0. The van der Waals surface area contributed by atoms with Crippen LogP contribution < -0.4 is 10.5 Å². The molecule has 0 radical (unpaired) electrons. The van der Waals surface area contributed by atoms with Gasteiger partial charge in [0.25, 0.3) is 0 Å². The van der Waals surface area contributed by atoms with Crippen LogP contribution in [0.25, 0.3) is 0 Å². The molecule has 0 heterocycles. The normalized spacial score (nSPS) is 10.7. The number of hydrogen-bond donors (Lipinski definition) is 1. The highest BCUT2D eigenvalue weighted by atomic mass is 16.5. The van der Waals surface area contributed by atoms with Crippen molar-refractivity contribution in [2.45, 2.75) is 26.2 Å². The SMILES string of the molecule is CC(C)c1ccc(CCOc2cccc(N)c2)cc1. The Morgan fingerprint density at radius 2 is 1.79 bits per heavy atom. The van der Waals surface area contributed by atoms with Crippen LogP contribution in [0.4, 0.5) is 5.69 Å². The molecule has 0 aliphatic heterocycles. The van der Waals surface area contributed by atoms with Gasteiger partial charge in [-0.3, -0.25) is 0 Å². The molecule has 0 fully saturated rings. The number of hydrogen-bond acceptors (Lipinski definition) is 2. The van der Waals surface area contributed by atoms with E-state index in [1.54, 1.807) is 0 Å². The number of anilines is 1. The zero-order valence-electron chi connectivity index (χ0n) is 11.6. The first-order valence-electron chi connectivity index (χ1n) is 6.72. The third-order valence-electron chi connectivity index (χ3n) is 3.16. The molecule has 0 aliphatic rings. The number of nitrogens with two attached hydrogens (primary N) is 1. The Morgan fingerprint density at radius 1 is 1.05 bits per heavy atom. The third-order valence-corrected chi connectivity index (χ3v) is 3.16. The molecule has 0 aromatic heterocycles. The minimum absolute atomic E-state index is 0.581. The van der Waals surface area contributed by atoms with Crippen molar-refractivity contribution in [1.29, 1.82) is 0 Å². The number of nitrogen functional groups attached to an aromatic ring is 1. The molecular formula is C17H21NO. The maximum absolute atomic E-state index is 5.71. The summed E-state index contributed by atoms with van der Waals surface area (Å²) in [7, 11) is 0. The van der Waals surface area contributed by atoms with Gasteiger partial charge in [0.05, 0.1) is 6.61 Å². The first-order valence-corrected chi connectivity index (χ1v) is 6.72. The minimum atomic E-state index is 0.581. The summed E-state index contributed by atoms with van der Waals surface area (Å²) in [6.45, 7) is 5.08. The average molecular weight is 255 g/mol. The van der Waals surface area contributed by atoms with Gasteiger partial charge in [0.2, 0.25) is 0 Å². The fraction of sp³-hybridized carbons (Fsp3) is 0.294. The van der Waals surface area contributed by atoms with Crippen molar-refractivity contribution in [1.82, 2.24) is 0 Å². The summed E-state index contributed by atoms with van der Waals surface area (Å²) in [6, 6.07) is 16.3. The van der Waals surface area contributed by atoms with Crippen molar-refractivity contribution in [3.8, 4) is 5.75 Å². The van der Waals surface area contributed by atoms with E-state index < -0.39 is 0 Å². The Bertz CT molecular complexity index is 517. The lowest BCUT2D eigenvalue weighted by molar-refractivity contribution is 0.322. The summed E-state index contributed by atoms with van der Waals surface area (Å²) in [6.07, 6.45) is 0.910. The smallest absolute Gasteiger partial charge is 0.121 e. The predicted molar refractivity (Wildman–Crippen MR) is 80.6 cm³/mol. The summed E-state index contributed by atoms with van der Waals surface area (Å²) in [5.74, 6) is 1.41. The fourth-order valence-electron chi connectivity index (χ4n) is 1.96. The molecule has 2 nitrogen and oxygen atoms in total. The van der Waals surface area contributed by atoms with E-state index >= 15 is 0 Å². The van der Waals surface area contributed by atoms with Gasteiger partial charge in [-0.25, -0.2) is 0 Å². The molecular weight excluding hydrogens is 234 g/mol. The van der Waals surface area contributed by atoms with Crippen LogP contribution in [0.2, 0.25) is 0 Å². The molecule has 100 valence electrons. The van der Waals surface area contributed by atoms with E-state index in [1.807, 2.05) is 24.3 Å². The van der Waals surface area contributed by atoms with Gasteiger partial charge < -0.3 is 10.5 Å². The molecule has 2 rings (SSSR count). The Hall–Kier alpha value is -1.96. The van der Waals surface area contributed by atoms with Gasteiger partial charge in [0.1, 0.15) is 5.75 Å². The van der Waals surface area contributed by atoms with Crippen LogP contribution in [-0.2, 0) is 6.42 Å². The van der Waals surface area contributed by atoms with E-state index in [-0.39, 0.29) is 0 Å². The molecule has 0 bridgehead atoms. The van der Waals surface area contributed by atoms with Crippen LogP contribution in [0.3, 0.4) is 0 Å². The van der Waals surface area contributed by atoms with Crippen LogP contribution in [0.5, 0.6) is 5.75 Å². The average Bonchev–Trinajstić information content (AvgIpc) is 2.39. The lowest BCUT2D eigenvalue weighted by atomic mass is 10.0. The quantitative estimate of drug-likeness (QED) is 0.819. The first-order chi connectivity index (χ1) is 9.15. The second kappa shape index (κ2) is 6.28. The molecule has 2 heteroatoms. The molecule has 2 aromatic carbocycles. The Kier molecular flexibility index (Phi) is 4.45. The highest BCUT2D eigenvalue weighted by Gasteiger charge is 2.00. The molecule has 2 N–H and O–H groups in total. The van der Waals surface area contributed by atoms with E-state index in [0.717, 1.165) is 17.9 Å². The highest BCUT2D eigenvalue weighted by molar-refractivity contribution is 5.43. The summed E-state index contributed by atoms with van der Waals surface area (Å²) in [5.41, 5.74) is 9.12. The van der Waals surface area contributed by atoms with Crippen molar-refractivity contribution < 1.29 is 4.74 Å². The van der Waals surface area contributed by atoms with Gasteiger partial charge in [-0.2, -0.15) is 0 Å². The van der Waals surface area contributed by atoms with Crippen LogP contribution >= 0.6 is 0 Å². The Balaban J connectivity index is 1.85.